The van der Waals surface area contributed by atoms with Crippen LogP contribution >= 0.6 is 0 Å². The molecule has 0 atom stereocenters. The maximum atomic E-state index is 4.22. The fraction of sp³-hybridized carbons (Fsp3) is 0.882. The zero-order valence-corrected chi connectivity index (χ0v) is 14.9. The van der Waals surface area contributed by atoms with Gasteiger partial charge in [0.2, 0.25) is 0 Å². The third-order valence-electron chi connectivity index (χ3n) is 4.25. The minimum absolute atomic E-state index is 0.452. The average molecular weight is 294 g/mol. The second kappa shape index (κ2) is 8.52. The number of likely N-dealkylation sites (tertiary alicyclic amines) is 1. The molecule has 0 unspecified atom stereocenters. The van der Waals surface area contributed by atoms with E-state index in [2.05, 4.69) is 49.1 Å². The van der Waals surface area contributed by atoms with Gasteiger partial charge in [0.15, 0.2) is 0 Å². The Morgan fingerprint density at radius 1 is 1.19 bits per heavy atom. The van der Waals surface area contributed by atoms with Crippen LogP contribution in [0, 0.1) is 11.3 Å². The van der Waals surface area contributed by atoms with E-state index in [9.17, 15) is 0 Å². The van der Waals surface area contributed by atoms with E-state index in [1.54, 1.807) is 0 Å². The van der Waals surface area contributed by atoms with E-state index in [-0.39, 0.29) is 0 Å². The molecule has 1 fully saturated rings. The summed E-state index contributed by atoms with van der Waals surface area (Å²) in [6, 6.07) is 0. The van der Waals surface area contributed by atoms with Crippen molar-refractivity contribution in [3.8, 4) is 0 Å². The quantitative estimate of drug-likeness (QED) is 0.842. The number of hydrogen-bond donors (Lipinski definition) is 0. The summed E-state index contributed by atoms with van der Waals surface area (Å²) in [5.41, 5.74) is 1.57. The van der Waals surface area contributed by atoms with Crippen LogP contribution in [0.15, 0.2) is 6.20 Å². The summed E-state index contributed by atoms with van der Waals surface area (Å²) in [6.07, 6.45) is 6.88. The highest BCUT2D eigenvalue weighted by Crippen LogP contribution is 2.34. The molecule has 1 aliphatic rings. The zero-order valence-electron chi connectivity index (χ0n) is 14.9. The first-order chi connectivity index (χ1) is 9.99. The van der Waals surface area contributed by atoms with Crippen molar-refractivity contribution in [1.29, 1.82) is 0 Å². The summed E-state index contributed by atoms with van der Waals surface area (Å²) in [6.45, 7) is 16.5. The van der Waals surface area contributed by atoms with Crippen LogP contribution in [0.5, 0.6) is 0 Å². The molecular weight excluding hydrogens is 260 g/mol. The smallest absolute Gasteiger partial charge is 0.0946 e. The molecule has 1 aromatic rings. The molecule has 0 aliphatic carbocycles. The first-order valence-corrected chi connectivity index (χ1v) is 8.60. The predicted octanol–water partition coefficient (Wildman–Crippen LogP) is 3.97. The molecule has 1 saturated heterocycles. The van der Waals surface area contributed by atoms with Gasteiger partial charge in [-0.1, -0.05) is 53.2 Å². The monoisotopic (exact) mass is 294 g/mol. The molecule has 122 valence electrons. The molecule has 0 amide bonds. The number of aryl methyl sites for hydroxylation is 1. The Bertz CT molecular complexity index is 384. The van der Waals surface area contributed by atoms with Crippen LogP contribution < -0.4 is 0 Å². The lowest BCUT2D eigenvalue weighted by molar-refractivity contribution is 0.0882. The van der Waals surface area contributed by atoms with Gasteiger partial charge >= 0.3 is 0 Å². The molecule has 1 aliphatic heterocycles. The van der Waals surface area contributed by atoms with E-state index in [0.717, 1.165) is 31.1 Å². The molecule has 1 aromatic heterocycles. The summed E-state index contributed by atoms with van der Waals surface area (Å²) in [5.74, 6) is 0.857. The van der Waals surface area contributed by atoms with Crippen molar-refractivity contribution in [3.05, 3.63) is 11.9 Å². The summed E-state index contributed by atoms with van der Waals surface area (Å²) in [4.78, 5) is 2.49. The van der Waals surface area contributed by atoms with E-state index in [4.69, 9.17) is 0 Å². The van der Waals surface area contributed by atoms with Gasteiger partial charge in [-0.15, -0.1) is 5.10 Å². The van der Waals surface area contributed by atoms with E-state index in [1.165, 1.54) is 25.9 Å². The summed E-state index contributed by atoms with van der Waals surface area (Å²) >= 11 is 0. The maximum Gasteiger partial charge on any atom is 0.0946 e. The minimum Gasteiger partial charge on any atom is -0.284 e. The standard InChI is InChI=1S/C15H28N4.C2H6/c1-5-6-14-11-19(17-16-14)12-18-9-7-13(8-10-18)15(2,3)4;1-2/h11,13H,5-10,12H2,1-4H3;1-2H3. The molecule has 0 radical (unpaired) electrons. The van der Waals surface area contributed by atoms with Crippen molar-refractivity contribution < 1.29 is 0 Å². The van der Waals surface area contributed by atoms with Crippen LogP contribution in [0.4, 0.5) is 0 Å². The van der Waals surface area contributed by atoms with Gasteiger partial charge in [0.25, 0.3) is 0 Å². The van der Waals surface area contributed by atoms with Crippen LogP contribution in [0.3, 0.4) is 0 Å². The second-order valence-corrected chi connectivity index (χ2v) is 6.90. The Labute approximate surface area is 130 Å². The van der Waals surface area contributed by atoms with Crippen LogP contribution in [0.1, 0.15) is 66.5 Å². The van der Waals surface area contributed by atoms with Gasteiger partial charge in [-0.2, -0.15) is 0 Å². The van der Waals surface area contributed by atoms with Crippen LogP contribution in [-0.4, -0.2) is 33.0 Å². The Morgan fingerprint density at radius 2 is 1.81 bits per heavy atom. The Kier molecular flexibility index (Phi) is 7.36. The minimum atomic E-state index is 0.452. The van der Waals surface area contributed by atoms with Crippen LogP contribution in [-0.2, 0) is 13.1 Å². The molecule has 21 heavy (non-hydrogen) atoms. The highest BCUT2D eigenvalue weighted by atomic mass is 15.5. The summed E-state index contributed by atoms with van der Waals surface area (Å²) in [7, 11) is 0. The third kappa shape index (κ3) is 5.77. The fourth-order valence-corrected chi connectivity index (χ4v) is 2.92. The van der Waals surface area contributed by atoms with Gasteiger partial charge < -0.3 is 0 Å². The number of rotatable bonds is 4. The van der Waals surface area contributed by atoms with E-state index in [0.29, 0.717) is 5.41 Å². The van der Waals surface area contributed by atoms with Crippen molar-refractivity contribution in [2.24, 2.45) is 11.3 Å². The molecular formula is C17H34N4. The SMILES string of the molecule is CC.CCCc1cn(CN2CCC(C(C)(C)C)CC2)nn1. The van der Waals surface area contributed by atoms with Gasteiger partial charge in [-0.25, -0.2) is 4.68 Å². The Hall–Kier alpha value is -0.900. The van der Waals surface area contributed by atoms with Gasteiger partial charge in [0.1, 0.15) is 0 Å². The highest BCUT2D eigenvalue weighted by Gasteiger charge is 2.28. The lowest BCUT2D eigenvalue weighted by atomic mass is 9.75. The van der Waals surface area contributed by atoms with Gasteiger partial charge in [0, 0.05) is 19.3 Å². The first-order valence-electron chi connectivity index (χ1n) is 8.60. The van der Waals surface area contributed by atoms with Crippen molar-refractivity contribution in [2.75, 3.05) is 13.1 Å². The van der Waals surface area contributed by atoms with Crippen molar-refractivity contribution in [3.63, 3.8) is 0 Å². The molecule has 4 nitrogen and oxygen atoms in total. The largest absolute Gasteiger partial charge is 0.284 e. The summed E-state index contributed by atoms with van der Waals surface area (Å²) < 4.78 is 1.99. The van der Waals surface area contributed by atoms with Gasteiger partial charge in [-0.05, 0) is 30.6 Å². The predicted molar refractivity (Wildman–Crippen MR) is 89.1 cm³/mol. The molecule has 2 heterocycles. The average Bonchev–Trinajstić information content (AvgIpc) is 2.88. The fourth-order valence-electron chi connectivity index (χ4n) is 2.92. The Balaban J connectivity index is 0.00000106. The van der Waals surface area contributed by atoms with Gasteiger partial charge in [0.05, 0.1) is 12.4 Å². The molecule has 0 spiro atoms. The van der Waals surface area contributed by atoms with Crippen molar-refractivity contribution >= 4 is 0 Å². The summed E-state index contributed by atoms with van der Waals surface area (Å²) in [5, 5.41) is 8.43. The number of aromatic nitrogens is 3. The normalized spacial score (nSPS) is 17.4. The molecule has 0 aromatic carbocycles. The van der Waals surface area contributed by atoms with Crippen LogP contribution in [0.25, 0.3) is 0 Å². The lowest BCUT2D eigenvalue weighted by Gasteiger charge is -2.38. The van der Waals surface area contributed by atoms with Crippen molar-refractivity contribution in [1.82, 2.24) is 19.9 Å². The zero-order chi connectivity index (χ0) is 15.9. The van der Waals surface area contributed by atoms with E-state index in [1.807, 2.05) is 18.5 Å². The van der Waals surface area contributed by atoms with Crippen molar-refractivity contribution in [2.45, 2.75) is 73.9 Å². The Morgan fingerprint density at radius 3 is 2.33 bits per heavy atom. The van der Waals surface area contributed by atoms with Gasteiger partial charge in [-0.3, -0.25) is 4.90 Å². The third-order valence-corrected chi connectivity index (χ3v) is 4.25. The van der Waals surface area contributed by atoms with Crippen LogP contribution in [0.2, 0.25) is 0 Å². The first kappa shape index (κ1) is 18.1. The molecule has 0 saturated carbocycles. The molecule has 2 rings (SSSR count). The highest BCUT2D eigenvalue weighted by molar-refractivity contribution is 4.91. The molecule has 0 bridgehead atoms. The number of nitrogens with zero attached hydrogens (tertiary/aromatic N) is 4. The molecule has 4 heteroatoms. The van der Waals surface area contributed by atoms with E-state index < -0.39 is 0 Å². The number of piperidine rings is 1. The molecule has 0 N–H and O–H groups in total. The number of hydrogen-bond acceptors (Lipinski definition) is 3. The topological polar surface area (TPSA) is 34.0 Å². The second-order valence-electron chi connectivity index (χ2n) is 6.90. The van der Waals surface area contributed by atoms with E-state index >= 15 is 0 Å². The maximum absolute atomic E-state index is 4.22. The lowest BCUT2D eigenvalue weighted by Crippen LogP contribution is -2.38.